The van der Waals surface area contributed by atoms with E-state index in [1.54, 1.807) is 13.0 Å². The van der Waals surface area contributed by atoms with Gasteiger partial charge in [-0.05, 0) is 104 Å². The quantitative estimate of drug-likeness (QED) is 0.0747. The van der Waals surface area contributed by atoms with Crippen LogP contribution in [0.1, 0.15) is 90.3 Å². The van der Waals surface area contributed by atoms with Gasteiger partial charge in [0.2, 0.25) is 5.91 Å². The number of allylic oxidation sites excluding steroid dienone is 7. The van der Waals surface area contributed by atoms with Gasteiger partial charge in [0.25, 0.3) is 0 Å². The molecular weight excluding hydrogens is 889 g/mol. The third kappa shape index (κ3) is 12.8. The molecule has 1 amide bonds. The first-order valence-corrected chi connectivity index (χ1v) is 23.7. The van der Waals surface area contributed by atoms with Crippen molar-refractivity contribution >= 4 is 43.2 Å². The number of rotatable bonds is 16. The Kier molecular flexibility index (Phi) is 19.1. The number of amides is 1. The van der Waals surface area contributed by atoms with Crippen LogP contribution < -0.4 is 118 Å². The van der Waals surface area contributed by atoms with E-state index in [4.69, 9.17) is 4.74 Å². The fraction of sp³-hybridized carbons (Fsp3) is 0.375. The molecule has 11 nitrogen and oxygen atoms in total. The van der Waals surface area contributed by atoms with Crippen LogP contribution in [0.3, 0.4) is 0 Å². The molecule has 0 fully saturated rings. The minimum Gasteiger partial charge on any atom is -0.748 e. The van der Waals surface area contributed by atoms with Crippen LogP contribution in [0.2, 0.25) is 0 Å². The van der Waals surface area contributed by atoms with Crippen LogP contribution in [0.15, 0.2) is 125 Å². The third-order valence-electron chi connectivity index (χ3n) is 11.7. The Balaban J connectivity index is 0.00000436. The molecule has 15 heteroatoms. The molecule has 2 heterocycles. The molecule has 0 bridgehead atoms. The van der Waals surface area contributed by atoms with E-state index in [0.717, 1.165) is 76.3 Å². The molecule has 6 rings (SSSR count). The normalized spacial score (nSPS) is 18.0. The van der Waals surface area contributed by atoms with Gasteiger partial charge in [-0.1, -0.05) is 65.0 Å². The smallest absolute Gasteiger partial charge is 0.748 e. The predicted molar refractivity (Wildman–Crippen MR) is 237 cm³/mol. The summed E-state index contributed by atoms with van der Waals surface area (Å²) in [5.74, 6) is 0.713. The molecule has 2 aliphatic heterocycles. The van der Waals surface area contributed by atoms with Gasteiger partial charge >= 0.3 is 103 Å². The third-order valence-corrected chi connectivity index (χ3v) is 13.3. The topological polar surface area (TPSA) is 159 Å². The Morgan fingerprint density at radius 1 is 0.968 bits per heavy atom. The molecular formula is C48H55K2N3O8S2. The van der Waals surface area contributed by atoms with Crippen LogP contribution in [0.4, 0.5) is 11.4 Å². The monoisotopic (exact) mass is 943 g/mol. The first kappa shape index (κ1) is 53.8. The zero-order valence-corrected chi connectivity index (χ0v) is 45.7. The summed E-state index contributed by atoms with van der Waals surface area (Å²) in [5, 5.41) is 2.87. The Morgan fingerprint density at radius 2 is 1.68 bits per heavy atom. The van der Waals surface area contributed by atoms with Gasteiger partial charge in [-0.2, -0.15) is 18.2 Å². The number of nitrogens with zero attached hydrogens (tertiary/aromatic N) is 2. The van der Waals surface area contributed by atoms with E-state index in [2.05, 4.69) is 72.5 Å². The van der Waals surface area contributed by atoms with Gasteiger partial charge in [-0.25, -0.2) is 21.4 Å². The van der Waals surface area contributed by atoms with E-state index in [9.17, 15) is 30.7 Å². The molecule has 0 spiro atoms. The number of ether oxygens (including phenoxy) is 1. The maximum atomic E-state index is 12.0. The summed E-state index contributed by atoms with van der Waals surface area (Å²) < 4.78 is 79.8. The molecule has 3 aromatic rings. The maximum absolute atomic E-state index is 12.0. The molecule has 3 aromatic carbocycles. The van der Waals surface area contributed by atoms with Gasteiger partial charge in [0, 0.05) is 59.1 Å². The average molecular weight is 944 g/mol. The Bertz CT molecular complexity index is 2610. The van der Waals surface area contributed by atoms with Crippen LogP contribution in [0, 0.1) is 6.07 Å². The second-order valence-electron chi connectivity index (χ2n) is 16.9. The minimum absolute atomic E-state index is 0. The predicted octanol–water partition coefficient (Wildman–Crippen LogP) is 2.04. The molecule has 0 unspecified atom stereocenters. The van der Waals surface area contributed by atoms with E-state index in [1.807, 2.05) is 56.3 Å². The second kappa shape index (κ2) is 22.3. The van der Waals surface area contributed by atoms with E-state index >= 15 is 0 Å². The Morgan fingerprint density at radius 3 is 2.33 bits per heavy atom. The number of anilines is 1. The molecule has 324 valence electrons. The van der Waals surface area contributed by atoms with E-state index in [0.29, 0.717) is 43.1 Å². The number of benzene rings is 3. The van der Waals surface area contributed by atoms with Crippen molar-refractivity contribution in [3.05, 3.63) is 142 Å². The first-order valence-electron chi connectivity index (χ1n) is 20.7. The molecule has 63 heavy (non-hydrogen) atoms. The summed E-state index contributed by atoms with van der Waals surface area (Å²) >= 11 is 0. The number of nitrogens with one attached hydrogen (secondary N) is 1. The summed E-state index contributed by atoms with van der Waals surface area (Å²) in [6, 6.07) is 21.4. The second-order valence-corrected chi connectivity index (χ2v) is 19.9. The summed E-state index contributed by atoms with van der Waals surface area (Å²) in [4.78, 5) is 13.9. The van der Waals surface area contributed by atoms with Crippen molar-refractivity contribution in [1.29, 1.82) is 0 Å². The van der Waals surface area contributed by atoms with Crippen molar-refractivity contribution in [3.63, 3.8) is 0 Å². The van der Waals surface area contributed by atoms with Gasteiger partial charge in [0.15, 0.2) is 5.71 Å². The molecule has 0 saturated heterocycles. The number of fused-ring (bicyclic) bond motifs is 2. The van der Waals surface area contributed by atoms with Crippen LogP contribution in [0.5, 0.6) is 5.75 Å². The standard InChI is InChI=1S/C48H57N3O8S2.2K/c1-8-29-50-42-24-23-38(61(56,57)58)32-40(42)48(6,7)44(50)26-20-36-14-11-13-35(45(36)59-37-21-17-34(18-22-37)27-28-49-46(52)33(2)3)19-25-43-47(4,5)39-15-9-10-16-41(39)51(43)30-12-31-60(53,54)55;;/h10,15-26,32H,2,8,11-14,27-31H2,1,3-7H3,(H,49,52)(H,53,54,55)(H,56,57,58);;/q;2*+1/p-2. The summed E-state index contributed by atoms with van der Waals surface area (Å²) in [6.45, 7) is 17.3. The SMILES string of the molecule is C=C(C)C(=O)NCCc1ccc(OC2=C(/C=C/C3=[N+](CCCS(=O)(=O)[O-])c4cc[c-]cc4C3(C)C)CCC/C2=C\C=C2\N(CCC)c3ccc(S(=O)(=O)[O-])cc3C2(C)C)cc1.[K+].[K+]. The summed E-state index contributed by atoms with van der Waals surface area (Å²) in [7, 11) is -9.03. The maximum Gasteiger partial charge on any atom is 1.00 e. The largest absolute Gasteiger partial charge is 1.00 e. The van der Waals surface area contributed by atoms with Crippen LogP contribution in [-0.2, 0) is 42.3 Å². The van der Waals surface area contributed by atoms with E-state index in [1.165, 1.54) is 12.1 Å². The molecule has 0 aromatic heterocycles. The van der Waals surface area contributed by atoms with Gasteiger partial charge in [-0.15, -0.1) is 6.07 Å². The van der Waals surface area contributed by atoms with Crippen molar-refractivity contribution in [2.45, 2.75) is 95.8 Å². The Labute approximate surface area is 459 Å². The number of hydrogen-bond acceptors (Lipinski definition) is 9. The zero-order chi connectivity index (χ0) is 44.3. The van der Waals surface area contributed by atoms with Crippen molar-refractivity contribution in [2.75, 3.05) is 30.3 Å². The fourth-order valence-electron chi connectivity index (χ4n) is 8.50. The van der Waals surface area contributed by atoms with E-state index in [-0.39, 0.29) is 120 Å². The fourth-order valence-corrected chi connectivity index (χ4v) is 9.48. The minimum atomic E-state index is -4.65. The molecule has 1 N–H and O–H groups in total. The molecule has 3 aliphatic rings. The molecule has 1 aliphatic carbocycles. The Hall–Kier alpha value is -1.81. The number of carbonyl (C=O) groups excluding carboxylic acids is 1. The number of hydrogen-bond donors (Lipinski definition) is 1. The van der Waals surface area contributed by atoms with Crippen LogP contribution in [0.25, 0.3) is 0 Å². The van der Waals surface area contributed by atoms with Crippen LogP contribution in [-0.4, -0.2) is 67.5 Å². The van der Waals surface area contributed by atoms with E-state index < -0.39 is 36.8 Å². The van der Waals surface area contributed by atoms with Gasteiger partial charge < -0.3 is 24.1 Å². The van der Waals surface area contributed by atoms with Crippen molar-refractivity contribution < 1.29 is 143 Å². The average Bonchev–Trinajstić information content (AvgIpc) is 3.54. The molecule has 0 atom stereocenters. The first-order chi connectivity index (χ1) is 28.7. The van der Waals surface area contributed by atoms with Gasteiger partial charge in [0.1, 0.15) is 33.9 Å². The van der Waals surface area contributed by atoms with Gasteiger partial charge in [0.05, 0.1) is 15.0 Å². The van der Waals surface area contributed by atoms with Crippen LogP contribution >= 0.6 is 0 Å². The molecule has 0 radical (unpaired) electrons. The van der Waals surface area contributed by atoms with Crippen molar-refractivity contribution in [2.24, 2.45) is 0 Å². The summed E-state index contributed by atoms with van der Waals surface area (Å²) in [5.41, 5.74) is 7.94. The van der Waals surface area contributed by atoms with Gasteiger partial charge in [-0.3, -0.25) is 4.79 Å². The van der Waals surface area contributed by atoms with Crippen molar-refractivity contribution in [3.8, 4) is 5.75 Å². The molecule has 0 saturated carbocycles. The number of carbonyl (C=O) groups is 1. The summed E-state index contributed by atoms with van der Waals surface area (Å²) in [6.07, 6.45) is 12.3. The zero-order valence-electron chi connectivity index (χ0n) is 37.8. The van der Waals surface area contributed by atoms with Crippen molar-refractivity contribution in [1.82, 2.24) is 5.32 Å².